The van der Waals surface area contributed by atoms with Crippen LogP contribution in [-0.4, -0.2) is 33.0 Å². The van der Waals surface area contributed by atoms with Gasteiger partial charge in [0.05, 0.1) is 13.2 Å². The molecular formula is C15H25NO2. The van der Waals surface area contributed by atoms with Crippen LogP contribution in [0.2, 0.25) is 0 Å². The van der Waals surface area contributed by atoms with Crippen LogP contribution < -0.4 is 5.73 Å². The molecule has 102 valence electrons. The highest BCUT2D eigenvalue weighted by Gasteiger charge is 2.05. The average Bonchev–Trinajstić information content (AvgIpc) is 2.36. The SMILES string of the molecule is COCCOCCCC(N)Cc1ccccc1C. The minimum absolute atomic E-state index is 0.220. The van der Waals surface area contributed by atoms with Crippen molar-refractivity contribution in [2.75, 3.05) is 26.9 Å². The van der Waals surface area contributed by atoms with Gasteiger partial charge in [-0.3, -0.25) is 0 Å². The molecular weight excluding hydrogens is 226 g/mol. The van der Waals surface area contributed by atoms with Crippen LogP contribution >= 0.6 is 0 Å². The summed E-state index contributed by atoms with van der Waals surface area (Å²) in [7, 11) is 1.68. The van der Waals surface area contributed by atoms with Gasteiger partial charge >= 0.3 is 0 Å². The number of benzene rings is 1. The largest absolute Gasteiger partial charge is 0.382 e. The van der Waals surface area contributed by atoms with E-state index in [9.17, 15) is 0 Å². The van der Waals surface area contributed by atoms with Crippen molar-refractivity contribution >= 4 is 0 Å². The molecule has 0 saturated carbocycles. The van der Waals surface area contributed by atoms with E-state index in [0.29, 0.717) is 13.2 Å². The van der Waals surface area contributed by atoms with Crippen LogP contribution in [-0.2, 0) is 15.9 Å². The van der Waals surface area contributed by atoms with Crippen molar-refractivity contribution in [2.24, 2.45) is 5.73 Å². The summed E-state index contributed by atoms with van der Waals surface area (Å²) in [5.41, 5.74) is 8.81. The molecule has 0 saturated heterocycles. The van der Waals surface area contributed by atoms with Crippen LogP contribution in [0, 0.1) is 6.92 Å². The van der Waals surface area contributed by atoms with Gasteiger partial charge < -0.3 is 15.2 Å². The Morgan fingerprint density at radius 1 is 1.17 bits per heavy atom. The van der Waals surface area contributed by atoms with Crippen LogP contribution in [0.15, 0.2) is 24.3 Å². The standard InChI is InChI=1S/C15H25NO2/c1-13-6-3-4-7-14(13)12-15(16)8-5-9-18-11-10-17-2/h3-4,6-7,15H,5,8-12,16H2,1-2H3. The summed E-state index contributed by atoms with van der Waals surface area (Å²) < 4.78 is 10.3. The van der Waals surface area contributed by atoms with E-state index in [1.807, 2.05) is 0 Å². The van der Waals surface area contributed by atoms with E-state index in [1.54, 1.807) is 7.11 Å². The molecule has 0 aliphatic carbocycles. The quantitative estimate of drug-likeness (QED) is 0.685. The Morgan fingerprint density at radius 2 is 1.94 bits per heavy atom. The normalized spacial score (nSPS) is 12.6. The van der Waals surface area contributed by atoms with Crippen molar-refractivity contribution in [1.82, 2.24) is 0 Å². The predicted octanol–water partition coefficient (Wildman–Crippen LogP) is 2.31. The lowest BCUT2D eigenvalue weighted by Crippen LogP contribution is -2.23. The first-order chi connectivity index (χ1) is 8.74. The third kappa shape index (κ3) is 6.15. The summed E-state index contributed by atoms with van der Waals surface area (Å²) >= 11 is 0. The second-order valence-corrected chi connectivity index (χ2v) is 4.64. The zero-order chi connectivity index (χ0) is 13.2. The topological polar surface area (TPSA) is 44.5 Å². The zero-order valence-corrected chi connectivity index (χ0v) is 11.5. The molecule has 0 amide bonds. The molecule has 0 aliphatic rings. The molecule has 0 fully saturated rings. The van der Waals surface area contributed by atoms with Gasteiger partial charge in [0.1, 0.15) is 0 Å². The molecule has 0 radical (unpaired) electrons. The molecule has 3 heteroatoms. The fourth-order valence-corrected chi connectivity index (χ4v) is 1.92. The summed E-state index contributed by atoms with van der Waals surface area (Å²) in [5, 5.41) is 0. The van der Waals surface area contributed by atoms with Gasteiger partial charge in [0, 0.05) is 19.8 Å². The highest BCUT2D eigenvalue weighted by molar-refractivity contribution is 5.26. The van der Waals surface area contributed by atoms with E-state index >= 15 is 0 Å². The molecule has 2 N–H and O–H groups in total. The maximum Gasteiger partial charge on any atom is 0.0700 e. The van der Waals surface area contributed by atoms with Crippen LogP contribution in [0.25, 0.3) is 0 Å². The molecule has 3 nitrogen and oxygen atoms in total. The number of hydrogen-bond acceptors (Lipinski definition) is 3. The van der Waals surface area contributed by atoms with E-state index in [-0.39, 0.29) is 6.04 Å². The Bertz CT molecular complexity index is 328. The van der Waals surface area contributed by atoms with Gasteiger partial charge in [-0.2, -0.15) is 0 Å². The number of rotatable bonds is 9. The summed E-state index contributed by atoms with van der Waals surface area (Å²) in [6.07, 6.45) is 2.96. The van der Waals surface area contributed by atoms with Crippen molar-refractivity contribution < 1.29 is 9.47 Å². The van der Waals surface area contributed by atoms with Gasteiger partial charge in [0.25, 0.3) is 0 Å². The third-order valence-corrected chi connectivity index (χ3v) is 3.04. The van der Waals surface area contributed by atoms with Crippen LogP contribution in [0.1, 0.15) is 24.0 Å². The lowest BCUT2D eigenvalue weighted by Gasteiger charge is -2.13. The number of methoxy groups -OCH3 is 1. The highest BCUT2D eigenvalue weighted by atomic mass is 16.5. The van der Waals surface area contributed by atoms with Crippen LogP contribution in [0.3, 0.4) is 0 Å². The second kappa shape index (κ2) is 9.09. The first-order valence-corrected chi connectivity index (χ1v) is 6.61. The minimum atomic E-state index is 0.220. The van der Waals surface area contributed by atoms with Crippen LogP contribution in [0.5, 0.6) is 0 Å². The van der Waals surface area contributed by atoms with E-state index in [4.69, 9.17) is 15.2 Å². The Kier molecular flexibility index (Phi) is 7.65. The summed E-state index contributed by atoms with van der Waals surface area (Å²) in [6.45, 7) is 4.24. The molecule has 0 aliphatic heterocycles. The van der Waals surface area contributed by atoms with Crippen molar-refractivity contribution in [3.63, 3.8) is 0 Å². The van der Waals surface area contributed by atoms with E-state index < -0.39 is 0 Å². The summed E-state index contributed by atoms with van der Waals surface area (Å²) in [4.78, 5) is 0. The molecule has 0 bridgehead atoms. The third-order valence-electron chi connectivity index (χ3n) is 3.04. The number of aryl methyl sites for hydroxylation is 1. The maximum absolute atomic E-state index is 6.14. The van der Waals surface area contributed by atoms with E-state index in [0.717, 1.165) is 25.9 Å². The lowest BCUT2D eigenvalue weighted by atomic mass is 9.99. The van der Waals surface area contributed by atoms with Crippen molar-refractivity contribution in [3.05, 3.63) is 35.4 Å². The minimum Gasteiger partial charge on any atom is -0.382 e. The Balaban J connectivity index is 2.14. The first kappa shape index (κ1) is 15.2. The number of hydrogen-bond donors (Lipinski definition) is 1. The number of ether oxygens (including phenoxy) is 2. The van der Waals surface area contributed by atoms with Crippen molar-refractivity contribution in [3.8, 4) is 0 Å². The molecule has 1 aromatic carbocycles. The van der Waals surface area contributed by atoms with Gasteiger partial charge in [0.2, 0.25) is 0 Å². The van der Waals surface area contributed by atoms with Crippen molar-refractivity contribution in [2.45, 2.75) is 32.2 Å². The fraction of sp³-hybridized carbons (Fsp3) is 0.600. The van der Waals surface area contributed by atoms with Crippen molar-refractivity contribution in [1.29, 1.82) is 0 Å². The second-order valence-electron chi connectivity index (χ2n) is 4.64. The Morgan fingerprint density at radius 3 is 2.67 bits per heavy atom. The predicted molar refractivity (Wildman–Crippen MR) is 74.8 cm³/mol. The summed E-state index contributed by atoms with van der Waals surface area (Å²) in [5.74, 6) is 0. The van der Waals surface area contributed by atoms with Crippen LogP contribution in [0.4, 0.5) is 0 Å². The first-order valence-electron chi connectivity index (χ1n) is 6.61. The fourth-order valence-electron chi connectivity index (χ4n) is 1.92. The highest BCUT2D eigenvalue weighted by Crippen LogP contribution is 2.11. The van der Waals surface area contributed by atoms with Gasteiger partial charge in [0.15, 0.2) is 0 Å². The monoisotopic (exact) mass is 251 g/mol. The molecule has 18 heavy (non-hydrogen) atoms. The maximum atomic E-state index is 6.14. The van der Waals surface area contributed by atoms with E-state index in [1.165, 1.54) is 11.1 Å². The molecule has 1 rings (SSSR count). The lowest BCUT2D eigenvalue weighted by molar-refractivity contribution is 0.0682. The van der Waals surface area contributed by atoms with Gasteiger partial charge in [-0.1, -0.05) is 24.3 Å². The van der Waals surface area contributed by atoms with E-state index in [2.05, 4.69) is 31.2 Å². The van der Waals surface area contributed by atoms with Gasteiger partial charge in [-0.25, -0.2) is 0 Å². The molecule has 0 spiro atoms. The Hall–Kier alpha value is -0.900. The molecule has 0 aromatic heterocycles. The molecule has 0 heterocycles. The van der Waals surface area contributed by atoms with Gasteiger partial charge in [-0.05, 0) is 37.3 Å². The molecule has 1 unspecified atom stereocenters. The summed E-state index contributed by atoms with van der Waals surface area (Å²) in [6, 6.07) is 8.65. The molecule has 1 aromatic rings. The smallest absolute Gasteiger partial charge is 0.0700 e. The number of nitrogens with two attached hydrogens (primary N) is 1. The zero-order valence-electron chi connectivity index (χ0n) is 11.5. The average molecular weight is 251 g/mol. The van der Waals surface area contributed by atoms with Gasteiger partial charge in [-0.15, -0.1) is 0 Å². The molecule has 1 atom stereocenters. The Labute approximate surface area is 110 Å².